The van der Waals surface area contributed by atoms with E-state index in [9.17, 15) is 9.18 Å². The normalized spacial score (nSPS) is 11.2. The van der Waals surface area contributed by atoms with Crippen molar-refractivity contribution < 1.29 is 13.9 Å². The molecule has 0 aromatic heterocycles. The Morgan fingerprint density at radius 2 is 1.83 bits per heavy atom. The maximum absolute atomic E-state index is 13.3. The molecule has 0 saturated carbocycles. The van der Waals surface area contributed by atoms with Crippen LogP contribution in [0, 0.1) is 5.82 Å². The van der Waals surface area contributed by atoms with Crippen LogP contribution in [0.1, 0.15) is 31.9 Å². The molecule has 1 amide bonds. The van der Waals surface area contributed by atoms with Crippen molar-refractivity contribution in [2.45, 2.75) is 32.7 Å². The third-order valence-corrected chi connectivity index (χ3v) is 3.64. The van der Waals surface area contributed by atoms with E-state index in [2.05, 4.69) is 26.1 Å². The zero-order valence-corrected chi connectivity index (χ0v) is 14.2. The summed E-state index contributed by atoms with van der Waals surface area (Å²) in [5, 5.41) is 2.68. The molecule has 0 aliphatic rings. The van der Waals surface area contributed by atoms with Gasteiger partial charge < -0.3 is 15.8 Å². The van der Waals surface area contributed by atoms with Gasteiger partial charge in [0.05, 0.1) is 5.69 Å². The van der Waals surface area contributed by atoms with Crippen LogP contribution in [0.3, 0.4) is 0 Å². The quantitative estimate of drug-likeness (QED) is 0.826. The van der Waals surface area contributed by atoms with Gasteiger partial charge in [-0.25, -0.2) is 4.39 Å². The van der Waals surface area contributed by atoms with Crippen molar-refractivity contribution in [3.05, 3.63) is 59.4 Å². The van der Waals surface area contributed by atoms with E-state index >= 15 is 0 Å². The van der Waals surface area contributed by atoms with Crippen LogP contribution >= 0.6 is 0 Å². The van der Waals surface area contributed by atoms with E-state index in [1.54, 1.807) is 6.07 Å². The maximum Gasteiger partial charge on any atom is 0.258 e. The Morgan fingerprint density at radius 3 is 2.42 bits per heavy atom. The minimum atomic E-state index is -0.489. The molecule has 0 spiro atoms. The van der Waals surface area contributed by atoms with Gasteiger partial charge in [0.2, 0.25) is 0 Å². The Balaban J connectivity index is 1.81. The summed E-state index contributed by atoms with van der Waals surface area (Å²) >= 11 is 0. The molecule has 0 aliphatic heterocycles. The van der Waals surface area contributed by atoms with E-state index in [-0.39, 0.29) is 30.2 Å². The highest BCUT2D eigenvalue weighted by Gasteiger charge is 2.13. The number of carbonyl (C=O) groups is 1. The fourth-order valence-electron chi connectivity index (χ4n) is 2.13. The van der Waals surface area contributed by atoms with Gasteiger partial charge in [0.1, 0.15) is 11.6 Å². The number of anilines is 1. The molecule has 0 atom stereocenters. The number of rotatable bonds is 5. The maximum atomic E-state index is 13.3. The lowest BCUT2D eigenvalue weighted by atomic mass is 9.87. The molecule has 0 saturated heterocycles. The average Bonchev–Trinajstić information content (AvgIpc) is 2.53. The Hall–Kier alpha value is -2.56. The van der Waals surface area contributed by atoms with Gasteiger partial charge in [-0.3, -0.25) is 4.79 Å². The molecule has 2 aromatic rings. The molecule has 0 fully saturated rings. The highest BCUT2D eigenvalue weighted by atomic mass is 19.1. The van der Waals surface area contributed by atoms with Crippen LogP contribution in [0.5, 0.6) is 5.75 Å². The number of hydrogen-bond acceptors (Lipinski definition) is 3. The highest BCUT2D eigenvalue weighted by molar-refractivity contribution is 5.77. The largest absolute Gasteiger partial charge is 0.484 e. The summed E-state index contributed by atoms with van der Waals surface area (Å²) in [4.78, 5) is 11.8. The van der Waals surface area contributed by atoms with Crippen LogP contribution in [-0.4, -0.2) is 12.5 Å². The van der Waals surface area contributed by atoms with Gasteiger partial charge in [0.15, 0.2) is 6.61 Å². The highest BCUT2D eigenvalue weighted by Crippen LogP contribution is 2.24. The second-order valence-electron chi connectivity index (χ2n) is 6.70. The molecule has 0 unspecified atom stereocenters. The zero-order chi connectivity index (χ0) is 17.7. The molecule has 2 rings (SSSR count). The summed E-state index contributed by atoms with van der Waals surface area (Å²) in [6.07, 6.45) is 0. The predicted octanol–water partition coefficient (Wildman–Crippen LogP) is 3.40. The summed E-state index contributed by atoms with van der Waals surface area (Å²) in [6, 6.07) is 12.1. The summed E-state index contributed by atoms with van der Waals surface area (Å²) in [5.41, 5.74) is 7.42. The number of ether oxygens (including phenoxy) is 1. The van der Waals surface area contributed by atoms with Crippen LogP contribution in [0.2, 0.25) is 0 Å². The standard InChI is InChI=1S/C19H23FN2O2/c1-19(2,3)14-5-7-15(8-6-14)24-12-18(23)22-11-13-4-9-17(21)16(20)10-13/h4-10H,11-12,21H2,1-3H3,(H,22,23). The molecule has 5 heteroatoms. The van der Waals surface area contributed by atoms with Gasteiger partial charge in [-0.1, -0.05) is 39.0 Å². The van der Waals surface area contributed by atoms with E-state index in [0.29, 0.717) is 11.3 Å². The molecule has 24 heavy (non-hydrogen) atoms. The van der Waals surface area contributed by atoms with E-state index in [1.165, 1.54) is 17.7 Å². The molecule has 128 valence electrons. The number of halogens is 1. The second kappa shape index (κ2) is 7.34. The van der Waals surface area contributed by atoms with Crippen molar-refractivity contribution in [1.82, 2.24) is 5.32 Å². The predicted molar refractivity (Wildman–Crippen MR) is 93.3 cm³/mol. The molecule has 4 nitrogen and oxygen atoms in total. The van der Waals surface area contributed by atoms with Gasteiger partial charge in [0, 0.05) is 6.54 Å². The smallest absolute Gasteiger partial charge is 0.258 e. The van der Waals surface area contributed by atoms with Crippen LogP contribution in [0.15, 0.2) is 42.5 Å². The summed E-state index contributed by atoms with van der Waals surface area (Å²) in [5.74, 6) is -0.124. The minimum Gasteiger partial charge on any atom is -0.484 e. The Labute approximate surface area is 141 Å². The molecular formula is C19H23FN2O2. The van der Waals surface area contributed by atoms with Gasteiger partial charge in [-0.15, -0.1) is 0 Å². The SMILES string of the molecule is CC(C)(C)c1ccc(OCC(=O)NCc2ccc(N)c(F)c2)cc1. The molecule has 2 aromatic carbocycles. The van der Waals surface area contributed by atoms with Crippen LogP contribution in [0.25, 0.3) is 0 Å². The van der Waals surface area contributed by atoms with Crippen LogP contribution in [-0.2, 0) is 16.8 Å². The second-order valence-corrected chi connectivity index (χ2v) is 6.70. The number of nitrogens with one attached hydrogen (secondary N) is 1. The number of carbonyl (C=O) groups excluding carboxylic acids is 1. The fourth-order valence-corrected chi connectivity index (χ4v) is 2.13. The third kappa shape index (κ3) is 4.98. The lowest BCUT2D eigenvalue weighted by molar-refractivity contribution is -0.123. The first-order valence-electron chi connectivity index (χ1n) is 7.79. The van der Waals surface area contributed by atoms with E-state index in [1.807, 2.05) is 24.3 Å². The van der Waals surface area contributed by atoms with E-state index in [0.717, 1.165) is 0 Å². The molecular weight excluding hydrogens is 307 g/mol. The van der Waals surface area contributed by atoms with Gasteiger partial charge in [-0.2, -0.15) is 0 Å². The Bertz CT molecular complexity index is 706. The molecule has 0 radical (unpaired) electrons. The third-order valence-electron chi connectivity index (χ3n) is 3.64. The van der Waals surface area contributed by atoms with E-state index < -0.39 is 5.82 Å². The Kier molecular flexibility index (Phi) is 5.44. The first kappa shape index (κ1) is 17.8. The van der Waals surface area contributed by atoms with Crippen molar-refractivity contribution in [2.75, 3.05) is 12.3 Å². The molecule has 3 N–H and O–H groups in total. The van der Waals surface area contributed by atoms with Gasteiger partial charge >= 0.3 is 0 Å². The van der Waals surface area contributed by atoms with Crippen LogP contribution < -0.4 is 15.8 Å². The zero-order valence-electron chi connectivity index (χ0n) is 14.2. The Morgan fingerprint density at radius 1 is 1.17 bits per heavy atom. The van der Waals surface area contributed by atoms with E-state index in [4.69, 9.17) is 10.5 Å². The van der Waals surface area contributed by atoms with Crippen molar-refractivity contribution in [1.29, 1.82) is 0 Å². The molecule has 0 bridgehead atoms. The lowest BCUT2D eigenvalue weighted by Gasteiger charge is -2.19. The summed E-state index contributed by atoms with van der Waals surface area (Å²) in [7, 11) is 0. The first-order chi connectivity index (χ1) is 11.3. The lowest BCUT2D eigenvalue weighted by Crippen LogP contribution is -2.28. The first-order valence-corrected chi connectivity index (χ1v) is 7.79. The molecule has 0 aliphatic carbocycles. The topological polar surface area (TPSA) is 64.3 Å². The van der Waals surface area contributed by atoms with Gasteiger partial charge in [0.25, 0.3) is 5.91 Å². The van der Waals surface area contributed by atoms with Gasteiger partial charge in [-0.05, 0) is 40.8 Å². The van der Waals surface area contributed by atoms with Crippen molar-refractivity contribution in [3.63, 3.8) is 0 Å². The fraction of sp³-hybridized carbons (Fsp3) is 0.316. The van der Waals surface area contributed by atoms with Crippen LogP contribution in [0.4, 0.5) is 10.1 Å². The minimum absolute atomic E-state index is 0.0737. The average molecular weight is 330 g/mol. The number of nitrogens with two attached hydrogens (primary N) is 1. The number of benzene rings is 2. The molecule has 0 heterocycles. The number of nitrogen functional groups attached to an aromatic ring is 1. The monoisotopic (exact) mass is 330 g/mol. The van der Waals surface area contributed by atoms with Crippen molar-refractivity contribution in [2.24, 2.45) is 0 Å². The van der Waals surface area contributed by atoms with Crippen molar-refractivity contribution >= 4 is 11.6 Å². The summed E-state index contributed by atoms with van der Waals surface area (Å²) in [6.45, 7) is 6.54. The number of hydrogen-bond donors (Lipinski definition) is 2. The number of amides is 1. The summed E-state index contributed by atoms with van der Waals surface area (Å²) < 4.78 is 18.8. The van der Waals surface area contributed by atoms with Crippen molar-refractivity contribution in [3.8, 4) is 5.75 Å².